The minimum atomic E-state index is 0.0578. The molecule has 2 aliphatic rings. The summed E-state index contributed by atoms with van der Waals surface area (Å²) in [4.78, 5) is 11.7. The van der Waals surface area contributed by atoms with Crippen LogP contribution in [0.3, 0.4) is 0 Å². The van der Waals surface area contributed by atoms with Crippen molar-refractivity contribution in [2.45, 2.75) is 29.5 Å². The van der Waals surface area contributed by atoms with Crippen LogP contribution < -0.4 is 0 Å². The van der Waals surface area contributed by atoms with Crippen LogP contribution in [0, 0.1) is 0 Å². The highest BCUT2D eigenvalue weighted by Gasteiger charge is 2.43. The van der Waals surface area contributed by atoms with Gasteiger partial charge in [0.05, 0.1) is 4.83 Å². The maximum absolute atomic E-state index is 11.7. The molecule has 0 saturated heterocycles. The zero-order chi connectivity index (χ0) is 9.71. The first-order chi connectivity index (χ1) is 6.77. The van der Waals surface area contributed by atoms with Gasteiger partial charge in [0.2, 0.25) is 0 Å². The van der Waals surface area contributed by atoms with Gasteiger partial charge in [-0.2, -0.15) is 0 Å². The first-order valence-corrected chi connectivity index (χ1v) is 5.94. The van der Waals surface area contributed by atoms with Crippen LogP contribution in [-0.2, 0) is 4.79 Å². The molecule has 1 fully saturated rings. The van der Waals surface area contributed by atoms with Gasteiger partial charge in [0.15, 0.2) is 0 Å². The summed E-state index contributed by atoms with van der Waals surface area (Å²) < 4.78 is 0. The van der Waals surface area contributed by atoms with Crippen LogP contribution in [0.25, 0.3) is 0 Å². The van der Waals surface area contributed by atoms with E-state index in [1.54, 1.807) is 0 Å². The first-order valence-electron chi connectivity index (χ1n) is 5.03. The summed E-state index contributed by atoms with van der Waals surface area (Å²) >= 11 is 3.53. The molecule has 1 aromatic carbocycles. The number of alkyl halides is 1. The predicted molar refractivity (Wildman–Crippen MR) is 58.9 cm³/mol. The summed E-state index contributed by atoms with van der Waals surface area (Å²) in [6, 6.07) is 8.50. The molecule has 0 radical (unpaired) electrons. The molecule has 0 heterocycles. The Labute approximate surface area is 91.6 Å². The molecular weight excluding hydrogens is 240 g/mol. The summed E-state index contributed by atoms with van der Waals surface area (Å²) in [6.07, 6.45) is 1.88. The number of hydrogen-bond acceptors (Lipinski definition) is 1. The third-order valence-electron chi connectivity index (χ3n) is 3.48. The third kappa shape index (κ3) is 1.04. The number of carbonyl (C=O) groups excluding carboxylic acids is 1. The van der Waals surface area contributed by atoms with E-state index in [4.69, 9.17) is 0 Å². The molecule has 0 N–H and O–H groups in total. The molecule has 1 saturated carbocycles. The van der Waals surface area contributed by atoms with E-state index in [9.17, 15) is 4.79 Å². The summed E-state index contributed by atoms with van der Waals surface area (Å²) in [6.45, 7) is 0. The second-order valence-electron chi connectivity index (χ2n) is 4.24. The van der Waals surface area contributed by atoms with Crippen molar-refractivity contribution in [1.29, 1.82) is 0 Å². The molecule has 0 unspecified atom stereocenters. The van der Waals surface area contributed by atoms with Crippen molar-refractivity contribution >= 4 is 21.7 Å². The Morgan fingerprint density at radius 2 is 1.93 bits per heavy atom. The zero-order valence-corrected chi connectivity index (χ0v) is 9.33. The summed E-state index contributed by atoms with van der Waals surface area (Å²) in [5.41, 5.74) is 2.80. The van der Waals surface area contributed by atoms with E-state index in [1.807, 2.05) is 0 Å². The predicted octanol–water partition coefficient (Wildman–Crippen LogP) is 2.99. The van der Waals surface area contributed by atoms with Crippen molar-refractivity contribution in [3.05, 3.63) is 35.4 Å². The quantitative estimate of drug-likeness (QED) is 0.648. The Kier molecular flexibility index (Phi) is 1.81. The fourth-order valence-corrected chi connectivity index (χ4v) is 3.52. The van der Waals surface area contributed by atoms with Gasteiger partial charge in [0.1, 0.15) is 5.78 Å². The fraction of sp³-hybridized carbons (Fsp3) is 0.417. The highest BCUT2D eigenvalue weighted by molar-refractivity contribution is 9.10. The number of rotatable bonds is 0. The highest BCUT2D eigenvalue weighted by Crippen LogP contribution is 2.51. The van der Waals surface area contributed by atoms with Gasteiger partial charge in [-0.25, -0.2) is 0 Å². The second kappa shape index (κ2) is 2.93. The second-order valence-corrected chi connectivity index (χ2v) is 5.23. The lowest BCUT2D eigenvalue weighted by atomic mass is 9.86. The van der Waals surface area contributed by atoms with Crippen molar-refractivity contribution in [3.63, 3.8) is 0 Å². The Morgan fingerprint density at radius 1 is 1.21 bits per heavy atom. The van der Waals surface area contributed by atoms with E-state index in [1.165, 1.54) is 11.1 Å². The molecular formula is C12H11BrO. The van der Waals surface area contributed by atoms with Crippen LogP contribution in [0.4, 0.5) is 0 Å². The average molecular weight is 251 g/mol. The van der Waals surface area contributed by atoms with Crippen LogP contribution >= 0.6 is 15.9 Å². The van der Waals surface area contributed by atoms with Gasteiger partial charge in [0, 0.05) is 12.3 Å². The maximum Gasteiger partial charge on any atom is 0.147 e. The number of carbonyl (C=O) groups is 1. The van der Waals surface area contributed by atoms with Gasteiger partial charge >= 0.3 is 0 Å². The third-order valence-corrected chi connectivity index (χ3v) is 4.63. The van der Waals surface area contributed by atoms with Crippen molar-refractivity contribution in [2.24, 2.45) is 0 Å². The topological polar surface area (TPSA) is 17.1 Å². The van der Waals surface area contributed by atoms with Crippen LogP contribution in [0.5, 0.6) is 0 Å². The smallest absolute Gasteiger partial charge is 0.147 e. The minimum absolute atomic E-state index is 0.0578. The molecule has 3 rings (SSSR count). The van der Waals surface area contributed by atoms with E-state index < -0.39 is 0 Å². The molecule has 3 atom stereocenters. The average Bonchev–Trinajstić information content (AvgIpc) is 2.52. The lowest BCUT2D eigenvalue weighted by Crippen LogP contribution is -2.25. The lowest BCUT2D eigenvalue weighted by Gasteiger charge is -2.23. The Morgan fingerprint density at radius 3 is 2.71 bits per heavy atom. The molecule has 2 bridgehead atoms. The standard InChI is InChI=1S/C12H11BrO/c13-12-10-5-7(6-11(12)14)8-3-1-2-4-9(8)10/h1-4,7,10,12H,5-6H2/t7-,10-,12+/m0/s1. The van der Waals surface area contributed by atoms with Crippen molar-refractivity contribution in [3.8, 4) is 0 Å². The van der Waals surface area contributed by atoms with E-state index >= 15 is 0 Å². The molecule has 2 heteroatoms. The molecule has 14 heavy (non-hydrogen) atoms. The number of Topliss-reactive ketones (excluding diaryl/α,β-unsaturated/α-hetero) is 1. The Hall–Kier alpha value is -0.630. The largest absolute Gasteiger partial charge is 0.298 e. The molecule has 1 nitrogen and oxygen atoms in total. The zero-order valence-electron chi connectivity index (χ0n) is 7.74. The monoisotopic (exact) mass is 250 g/mol. The van der Waals surface area contributed by atoms with Crippen LogP contribution in [0.2, 0.25) is 0 Å². The van der Waals surface area contributed by atoms with Crippen molar-refractivity contribution in [2.75, 3.05) is 0 Å². The van der Waals surface area contributed by atoms with E-state index in [-0.39, 0.29) is 4.83 Å². The Bertz CT molecular complexity index is 399. The number of fused-ring (bicyclic) bond motifs is 5. The summed E-state index contributed by atoms with van der Waals surface area (Å²) in [5, 5.41) is 0. The molecule has 0 amide bonds. The van der Waals surface area contributed by atoms with Gasteiger partial charge in [-0.1, -0.05) is 40.2 Å². The molecule has 72 valence electrons. The van der Waals surface area contributed by atoms with Crippen LogP contribution in [-0.4, -0.2) is 10.6 Å². The number of benzene rings is 1. The van der Waals surface area contributed by atoms with Crippen molar-refractivity contribution < 1.29 is 4.79 Å². The summed E-state index contributed by atoms with van der Waals surface area (Å²) in [5.74, 6) is 1.30. The molecule has 1 aromatic rings. The van der Waals surface area contributed by atoms with Gasteiger partial charge in [-0.3, -0.25) is 4.79 Å². The van der Waals surface area contributed by atoms with E-state index in [2.05, 4.69) is 40.2 Å². The molecule has 0 aliphatic heterocycles. The van der Waals surface area contributed by atoms with Crippen LogP contribution in [0.15, 0.2) is 24.3 Å². The summed E-state index contributed by atoms with van der Waals surface area (Å²) in [7, 11) is 0. The van der Waals surface area contributed by atoms with Gasteiger partial charge in [0.25, 0.3) is 0 Å². The lowest BCUT2D eigenvalue weighted by molar-refractivity contribution is -0.120. The SMILES string of the molecule is O=C1C[C@@H]2C[C@@H](c3ccccc32)[C@H]1Br. The maximum atomic E-state index is 11.7. The fourth-order valence-electron chi connectivity index (χ4n) is 2.83. The van der Waals surface area contributed by atoms with Gasteiger partial charge in [-0.15, -0.1) is 0 Å². The highest BCUT2D eigenvalue weighted by atomic mass is 79.9. The molecule has 0 spiro atoms. The minimum Gasteiger partial charge on any atom is -0.298 e. The molecule has 2 aliphatic carbocycles. The van der Waals surface area contributed by atoms with E-state index in [0.29, 0.717) is 17.6 Å². The normalized spacial score (nSPS) is 34.4. The first kappa shape index (κ1) is 8.66. The molecule has 0 aromatic heterocycles. The number of ketones is 1. The number of halogens is 1. The van der Waals surface area contributed by atoms with Crippen LogP contribution in [0.1, 0.15) is 35.8 Å². The number of hydrogen-bond donors (Lipinski definition) is 0. The Balaban J connectivity index is 2.14. The van der Waals surface area contributed by atoms with Crippen molar-refractivity contribution in [1.82, 2.24) is 0 Å². The van der Waals surface area contributed by atoms with E-state index in [0.717, 1.165) is 12.8 Å². The van der Waals surface area contributed by atoms with Gasteiger partial charge < -0.3 is 0 Å². The van der Waals surface area contributed by atoms with Gasteiger partial charge in [-0.05, 0) is 23.5 Å².